The third-order valence-corrected chi connectivity index (χ3v) is 28.4. The molecule has 4 heteroatoms. The Morgan fingerprint density at radius 3 is 1.23 bits per heavy atom. The van der Waals surface area contributed by atoms with E-state index in [4.69, 9.17) is 0 Å². The molecule has 0 amide bonds. The summed E-state index contributed by atoms with van der Waals surface area (Å²) < 4.78 is 6.93. The molecule has 0 saturated heterocycles. The molecular weight excluding hydrogens is 503 g/mol. The average molecular weight is 540 g/mol. The van der Waals surface area contributed by atoms with E-state index in [0.717, 1.165) is 0 Å². The van der Waals surface area contributed by atoms with Crippen LogP contribution < -0.4 is 0 Å². The van der Waals surface area contributed by atoms with E-state index >= 15 is 0 Å². The number of rotatable bonds is 2. The van der Waals surface area contributed by atoms with Crippen LogP contribution in [0.2, 0.25) is 9.26 Å². The summed E-state index contributed by atoms with van der Waals surface area (Å²) in [5, 5.41) is 0. The zero-order valence-corrected chi connectivity index (χ0v) is 26.0. The molecule has 0 heterocycles. The molecule has 0 fully saturated rings. The van der Waals surface area contributed by atoms with Crippen molar-refractivity contribution in [3.8, 4) is 0 Å². The maximum absolute atomic E-state index is 3.20. The second-order valence-electron chi connectivity index (χ2n) is 11.1. The fourth-order valence-electron chi connectivity index (χ4n) is 6.76. The number of aryl methyl sites for hydroxylation is 4. The van der Waals surface area contributed by atoms with E-state index < -0.39 is 17.9 Å². The zero-order chi connectivity index (χ0) is 20.6. The monoisotopic (exact) mass is 537 g/mol. The van der Waals surface area contributed by atoms with Crippen LogP contribution in [-0.4, -0.2) is 7.37 Å². The Kier molecular flexibility index (Phi) is 7.05. The van der Waals surface area contributed by atoms with Crippen molar-refractivity contribution in [2.75, 3.05) is 0 Å². The average Bonchev–Trinajstić information content (AvgIpc) is 3.14. The van der Waals surface area contributed by atoms with Crippen LogP contribution in [0, 0.1) is 27.7 Å². The van der Waals surface area contributed by atoms with Crippen molar-refractivity contribution in [2.24, 2.45) is 0 Å². The van der Waals surface area contributed by atoms with Gasteiger partial charge in [0, 0.05) is 0 Å². The quantitative estimate of drug-likeness (QED) is 0.348. The first-order valence-corrected chi connectivity index (χ1v) is 26.8. The molecule has 2 aromatic carbocycles. The molecule has 0 aromatic heterocycles. The smallest absolute Gasteiger partial charge is 0.147 e. The SMILES string of the molecule is CC1=Cc2c(C)ccc(C)c2[CH]1[Zr]([CH3])([CH3])([SiH3])[CH]1C(C)=Cc2c(C)ccc(C)c21.Cl.Cl. The standard InChI is InChI=1S/2C12H13.2CH3.2ClH.H3Si.Zr/c2*1-8-6-11-9(2)4-5-10(3)12(11)7-8;;;;;;/h2*4-7H,1-3H3;2*1H3;2*1H;1H3;. The van der Waals surface area contributed by atoms with Gasteiger partial charge in [-0.15, -0.1) is 24.8 Å². The summed E-state index contributed by atoms with van der Waals surface area (Å²) in [5.74, 6) is 0. The first-order chi connectivity index (χ1) is 12.9. The topological polar surface area (TPSA) is 0 Å². The van der Waals surface area contributed by atoms with Crippen LogP contribution in [0.3, 0.4) is 0 Å². The van der Waals surface area contributed by atoms with Gasteiger partial charge in [-0.2, -0.15) is 0 Å². The first kappa shape index (κ1) is 25.9. The van der Waals surface area contributed by atoms with Crippen LogP contribution in [0.1, 0.15) is 65.6 Å². The summed E-state index contributed by atoms with van der Waals surface area (Å²) in [6.45, 7) is 14.1. The Morgan fingerprint density at radius 2 is 0.900 bits per heavy atom. The molecule has 4 rings (SSSR count). The molecule has 0 spiro atoms. The van der Waals surface area contributed by atoms with Gasteiger partial charge >= 0.3 is 175 Å². The number of benzene rings is 2. The van der Waals surface area contributed by atoms with Gasteiger partial charge in [0.15, 0.2) is 0 Å². The number of fused-ring (bicyclic) bond motifs is 2. The zero-order valence-electron chi connectivity index (χ0n) is 19.9. The van der Waals surface area contributed by atoms with Gasteiger partial charge in [-0.25, -0.2) is 0 Å². The number of allylic oxidation sites excluding steroid dienone is 2. The second kappa shape index (κ2) is 8.18. The number of hydrogen-bond acceptors (Lipinski definition) is 0. The van der Waals surface area contributed by atoms with Crippen LogP contribution >= 0.6 is 24.8 Å². The molecule has 0 saturated carbocycles. The van der Waals surface area contributed by atoms with Gasteiger partial charge in [0.05, 0.1) is 0 Å². The molecule has 163 valence electrons. The molecule has 30 heavy (non-hydrogen) atoms. The van der Waals surface area contributed by atoms with E-state index in [1.807, 2.05) is 0 Å². The molecule has 2 atom stereocenters. The molecule has 0 nitrogen and oxygen atoms in total. The summed E-state index contributed by atoms with van der Waals surface area (Å²) in [7, 11) is 1.33. The third-order valence-electron chi connectivity index (χ3n) is 7.74. The van der Waals surface area contributed by atoms with Crippen molar-refractivity contribution in [3.05, 3.63) is 79.9 Å². The Bertz CT molecular complexity index is 1000. The molecule has 0 aliphatic heterocycles. The fourth-order valence-corrected chi connectivity index (χ4v) is 31.8. The van der Waals surface area contributed by atoms with E-state index in [9.17, 15) is 0 Å². The van der Waals surface area contributed by atoms with Crippen molar-refractivity contribution in [1.29, 1.82) is 0 Å². The minimum Gasteiger partial charge on any atom is -0.147 e. The predicted molar refractivity (Wildman–Crippen MR) is 141 cm³/mol. The van der Waals surface area contributed by atoms with E-state index in [2.05, 4.69) is 87.2 Å². The third kappa shape index (κ3) is 3.61. The Morgan fingerprint density at radius 1 is 0.600 bits per heavy atom. The number of hydrogen-bond donors (Lipinski definition) is 0. The second-order valence-corrected chi connectivity index (χ2v) is 49.3. The van der Waals surface area contributed by atoms with Crippen LogP contribution in [0.15, 0.2) is 35.4 Å². The molecule has 2 aliphatic carbocycles. The molecule has 0 N–H and O–H groups in total. The normalized spacial score (nSPS) is 20.9. The Hall–Kier alpha value is -0.400. The maximum atomic E-state index is 2.78. The molecular formula is C26H37Cl2SiZr. The van der Waals surface area contributed by atoms with Gasteiger partial charge < -0.3 is 0 Å². The van der Waals surface area contributed by atoms with Crippen molar-refractivity contribution in [3.63, 3.8) is 0 Å². The summed E-state index contributed by atoms with van der Waals surface area (Å²) in [4.78, 5) is 0. The van der Waals surface area contributed by atoms with Crippen LogP contribution in [0.5, 0.6) is 0 Å². The van der Waals surface area contributed by atoms with E-state index in [0.29, 0.717) is 7.25 Å². The molecule has 0 bridgehead atoms. The molecule has 2 aliphatic rings. The summed E-state index contributed by atoms with van der Waals surface area (Å²) in [5.41, 5.74) is 15.6. The summed E-state index contributed by atoms with van der Waals surface area (Å²) >= 11 is -3.20. The first-order valence-electron chi connectivity index (χ1n) is 10.7. The van der Waals surface area contributed by atoms with Crippen LogP contribution in [0.25, 0.3) is 12.2 Å². The van der Waals surface area contributed by atoms with Gasteiger partial charge in [-0.3, -0.25) is 0 Å². The summed E-state index contributed by atoms with van der Waals surface area (Å²) in [6.07, 6.45) is 5.05. The van der Waals surface area contributed by atoms with Gasteiger partial charge in [0.25, 0.3) is 0 Å². The van der Waals surface area contributed by atoms with E-state index in [1.165, 1.54) is 40.7 Å². The van der Waals surface area contributed by atoms with Gasteiger partial charge in [0.2, 0.25) is 0 Å². The van der Waals surface area contributed by atoms with Crippen LogP contribution in [-0.2, 0) is 17.9 Å². The predicted octanol–water partition coefficient (Wildman–Crippen LogP) is 7.45. The van der Waals surface area contributed by atoms with Crippen LogP contribution in [0.4, 0.5) is 0 Å². The minimum absolute atomic E-state index is 0. The number of halogens is 2. The van der Waals surface area contributed by atoms with Crippen molar-refractivity contribution < 1.29 is 17.9 Å². The maximum Gasteiger partial charge on any atom is -0.147 e. The molecule has 2 unspecified atom stereocenters. The fraction of sp³-hybridized carbons (Fsp3) is 0.385. The van der Waals surface area contributed by atoms with Gasteiger partial charge in [-0.05, 0) is 0 Å². The van der Waals surface area contributed by atoms with Crippen molar-refractivity contribution >= 4 is 44.3 Å². The van der Waals surface area contributed by atoms with Gasteiger partial charge in [-0.1, -0.05) is 0 Å². The van der Waals surface area contributed by atoms with Gasteiger partial charge in [0.1, 0.15) is 0 Å². The van der Waals surface area contributed by atoms with E-state index in [-0.39, 0.29) is 24.8 Å². The largest absolute Gasteiger partial charge is 0.147 e. The summed E-state index contributed by atoms with van der Waals surface area (Å²) in [6, 6.07) is 9.35. The van der Waals surface area contributed by atoms with Crippen molar-refractivity contribution in [1.82, 2.24) is 0 Å². The Balaban J connectivity index is 0.00000160. The minimum atomic E-state index is -3.20. The van der Waals surface area contributed by atoms with Crippen molar-refractivity contribution in [2.45, 2.75) is 58.1 Å². The van der Waals surface area contributed by atoms with E-state index in [1.54, 1.807) is 22.3 Å². The Labute approximate surface area is 199 Å². The molecule has 0 radical (unpaired) electrons. The molecule has 2 aromatic rings.